The van der Waals surface area contributed by atoms with Crippen LogP contribution in [0.15, 0.2) is 48.0 Å². The van der Waals surface area contributed by atoms with E-state index in [0.717, 1.165) is 28.1 Å². The Balaban J connectivity index is 1.78. The molecule has 5 heteroatoms. The van der Waals surface area contributed by atoms with Crippen LogP contribution in [0.4, 0.5) is 5.69 Å². The molecule has 0 saturated carbocycles. The van der Waals surface area contributed by atoms with Gasteiger partial charge in [0.1, 0.15) is 12.4 Å². The van der Waals surface area contributed by atoms with E-state index in [1.165, 1.54) is 7.11 Å². The van der Waals surface area contributed by atoms with Gasteiger partial charge in [-0.05, 0) is 60.4 Å². The molecule has 3 rings (SSSR count). The number of ether oxygens (including phenoxy) is 3. The van der Waals surface area contributed by atoms with Gasteiger partial charge in [0.15, 0.2) is 0 Å². The molecule has 1 aliphatic heterocycles. The molecule has 0 amide bonds. The molecule has 0 radical (unpaired) electrons. The average Bonchev–Trinajstić information content (AvgIpc) is 2.93. The molecule has 2 aromatic rings. The zero-order valence-corrected chi connectivity index (χ0v) is 15.8. The van der Waals surface area contributed by atoms with Crippen molar-refractivity contribution in [1.82, 2.24) is 0 Å². The molecule has 0 atom stereocenters. The maximum absolute atomic E-state index is 11.9. The van der Waals surface area contributed by atoms with E-state index in [9.17, 15) is 4.79 Å². The molecule has 2 aromatic carbocycles. The van der Waals surface area contributed by atoms with Crippen LogP contribution in [0.3, 0.4) is 0 Å². The van der Waals surface area contributed by atoms with E-state index in [1.807, 2.05) is 43.3 Å². The third kappa shape index (κ3) is 4.89. The molecule has 0 bridgehead atoms. The molecule has 0 spiro atoms. The number of carbonyl (C=O) groups excluding carboxylic acids is 1. The summed E-state index contributed by atoms with van der Waals surface area (Å²) < 4.78 is 15.8. The van der Waals surface area contributed by atoms with Crippen LogP contribution < -0.4 is 10.1 Å². The Kier molecular flexibility index (Phi) is 6.49. The van der Waals surface area contributed by atoms with Gasteiger partial charge in [-0.15, -0.1) is 0 Å². The lowest BCUT2D eigenvalue weighted by atomic mass is 10.0. The summed E-state index contributed by atoms with van der Waals surface area (Å²) in [6, 6.07) is 14.2. The Morgan fingerprint density at radius 1 is 1.07 bits per heavy atom. The summed E-state index contributed by atoms with van der Waals surface area (Å²) in [5.41, 5.74) is 4.86. The molecular weight excluding hydrogens is 342 g/mol. The zero-order chi connectivity index (χ0) is 19.1. The van der Waals surface area contributed by atoms with Crippen LogP contribution in [0.1, 0.15) is 18.9 Å². The molecule has 1 N–H and O–H groups in total. The highest BCUT2D eigenvalue weighted by molar-refractivity contribution is 5.95. The fourth-order valence-electron chi connectivity index (χ4n) is 3.01. The van der Waals surface area contributed by atoms with Crippen molar-refractivity contribution in [2.45, 2.75) is 13.3 Å². The lowest BCUT2D eigenvalue weighted by molar-refractivity contribution is -0.136. The summed E-state index contributed by atoms with van der Waals surface area (Å²) in [4.78, 5) is 11.9. The van der Waals surface area contributed by atoms with Crippen molar-refractivity contribution in [2.75, 3.05) is 38.8 Å². The van der Waals surface area contributed by atoms with E-state index in [-0.39, 0.29) is 5.97 Å². The van der Waals surface area contributed by atoms with E-state index < -0.39 is 0 Å². The first-order chi connectivity index (χ1) is 13.2. The Bertz CT molecular complexity index is 812. The highest BCUT2D eigenvalue weighted by atomic mass is 16.5. The second-order valence-corrected chi connectivity index (χ2v) is 6.21. The number of anilines is 1. The quantitative estimate of drug-likeness (QED) is 0.589. The number of fused-ring (bicyclic) bond motifs is 1. The van der Waals surface area contributed by atoms with Crippen LogP contribution in [0.25, 0.3) is 17.2 Å². The smallest absolute Gasteiger partial charge is 0.333 e. The third-order valence-corrected chi connectivity index (χ3v) is 4.43. The van der Waals surface area contributed by atoms with Crippen molar-refractivity contribution >= 4 is 17.7 Å². The first-order valence-corrected chi connectivity index (χ1v) is 9.19. The van der Waals surface area contributed by atoms with Crippen LogP contribution in [0, 0.1) is 0 Å². The molecule has 1 heterocycles. The molecule has 0 unspecified atom stereocenters. The Morgan fingerprint density at radius 2 is 1.85 bits per heavy atom. The van der Waals surface area contributed by atoms with Crippen LogP contribution in [-0.4, -0.2) is 39.4 Å². The minimum Gasteiger partial charge on any atom is -0.491 e. The number of nitrogens with one attached hydrogen (secondary N) is 1. The molecule has 0 saturated heterocycles. The second-order valence-electron chi connectivity index (χ2n) is 6.21. The van der Waals surface area contributed by atoms with Gasteiger partial charge in [0.25, 0.3) is 0 Å². The van der Waals surface area contributed by atoms with Gasteiger partial charge in [-0.25, -0.2) is 4.79 Å². The Labute approximate surface area is 159 Å². The normalized spacial score (nSPS) is 13.0. The number of hydrogen-bond donors (Lipinski definition) is 1. The molecule has 0 fully saturated rings. The average molecular weight is 367 g/mol. The van der Waals surface area contributed by atoms with Crippen molar-refractivity contribution in [2.24, 2.45) is 0 Å². The summed E-state index contributed by atoms with van der Waals surface area (Å²) in [5, 5.41) is 3.36. The maximum Gasteiger partial charge on any atom is 0.333 e. The summed E-state index contributed by atoms with van der Waals surface area (Å²) in [5.74, 6) is 0.548. The van der Waals surface area contributed by atoms with Crippen molar-refractivity contribution in [3.63, 3.8) is 0 Å². The van der Waals surface area contributed by atoms with E-state index in [0.29, 0.717) is 38.4 Å². The van der Waals surface area contributed by atoms with E-state index in [1.54, 1.807) is 0 Å². The third-order valence-electron chi connectivity index (χ3n) is 4.43. The largest absolute Gasteiger partial charge is 0.491 e. The number of rotatable bonds is 7. The van der Waals surface area contributed by atoms with Crippen LogP contribution in [0.5, 0.6) is 5.75 Å². The van der Waals surface area contributed by atoms with Crippen LogP contribution >= 0.6 is 0 Å². The molecular formula is C22H25NO4. The van der Waals surface area contributed by atoms with E-state index in [4.69, 9.17) is 14.2 Å². The fourth-order valence-corrected chi connectivity index (χ4v) is 3.01. The lowest BCUT2D eigenvalue weighted by Crippen LogP contribution is -2.07. The number of hydrogen-bond acceptors (Lipinski definition) is 5. The first kappa shape index (κ1) is 19.0. The van der Waals surface area contributed by atoms with Crippen molar-refractivity contribution in [1.29, 1.82) is 0 Å². The fraction of sp³-hybridized carbons (Fsp3) is 0.318. The SMILES string of the molecule is CCOCCOc1ccc(-c2ccc3c(c2)C=C(C(=O)OC)CCN3)cc1. The predicted octanol–water partition coefficient (Wildman–Crippen LogP) is 4.14. The van der Waals surface area contributed by atoms with Gasteiger partial charge in [0.2, 0.25) is 0 Å². The van der Waals surface area contributed by atoms with Gasteiger partial charge in [0, 0.05) is 24.4 Å². The summed E-state index contributed by atoms with van der Waals surface area (Å²) >= 11 is 0. The van der Waals surface area contributed by atoms with Gasteiger partial charge in [-0.3, -0.25) is 0 Å². The maximum atomic E-state index is 11.9. The standard InChI is InChI=1S/C22H25NO4/c1-3-26-12-13-27-20-7-4-16(5-8-20)17-6-9-21-19(14-17)15-18(10-11-23-21)22(24)25-2/h4-9,14-15,23H,3,10-13H2,1-2H3. The molecule has 5 nitrogen and oxygen atoms in total. The highest BCUT2D eigenvalue weighted by Crippen LogP contribution is 2.30. The molecule has 142 valence electrons. The van der Waals surface area contributed by atoms with Gasteiger partial charge in [-0.2, -0.15) is 0 Å². The number of methoxy groups -OCH3 is 1. The van der Waals surface area contributed by atoms with Gasteiger partial charge >= 0.3 is 5.97 Å². The Hall–Kier alpha value is -2.79. The topological polar surface area (TPSA) is 56.8 Å². The first-order valence-electron chi connectivity index (χ1n) is 9.19. The predicted molar refractivity (Wildman–Crippen MR) is 107 cm³/mol. The van der Waals surface area contributed by atoms with Crippen molar-refractivity contribution in [3.05, 3.63) is 53.6 Å². The molecule has 1 aliphatic rings. The number of esters is 1. The van der Waals surface area contributed by atoms with Crippen molar-refractivity contribution in [3.8, 4) is 16.9 Å². The Morgan fingerprint density at radius 3 is 2.59 bits per heavy atom. The summed E-state index contributed by atoms with van der Waals surface area (Å²) in [6.45, 7) is 4.50. The minimum atomic E-state index is -0.274. The van der Waals surface area contributed by atoms with Crippen LogP contribution in [-0.2, 0) is 14.3 Å². The van der Waals surface area contributed by atoms with E-state index in [2.05, 4.69) is 17.4 Å². The molecule has 27 heavy (non-hydrogen) atoms. The number of benzene rings is 2. The van der Waals surface area contributed by atoms with Gasteiger partial charge < -0.3 is 19.5 Å². The second kappa shape index (κ2) is 9.24. The highest BCUT2D eigenvalue weighted by Gasteiger charge is 2.15. The lowest BCUT2D eigenvalue weighted by Gasteiger charge is -2.10. The minimum absolute atomic E-state index is 0.274. The summed E-state index contributed by atoms with van der Waals surface area (Å²) in [7, 11) is 1.41. The molecule has 0 aliphatic carbocycles. The number of carbonyl (C=O) groups is 1. The monoisotopic (exact) mass is 367 g/mol. The van der Waals surface area contributed by atoms with Crippen molar-refractivity contribution < 1.29 is 19.0 Å². The summed E-state index contributed by atoms with van der Waals surface area (Å²) in [6.07, 6.45) is 2.56. The van der Waals surface area contributed by atoms with Gasteiger partial charge in [-0.1, -0.05) is 18.2 Å². The molecule has 0 aromatic heterocycles. The zero-order valence-electron chi connectivity index (χ0n) is 15.8. The van der Waals surface area contributed by atoms with Gasteiger partial charge in [0.05, 0.1) is 13.7 Å². The van der Waals surface area contributed by atoms with Crippen LogP contribution in [0.2, 0.25) is 0 Å². The van der Waals surface area contributed by atoms with E-state index >= 15 is 0 Å².